The molecule has 1 aromatic heterocycles. The summed E-state index contributed by atoms with van der Waals surface area (Å²) in [5, 5.41) is 1.53. The van der Waals surface area contributed by atoms with Gasteiger partial charge in [-0.05, 0) is 0 Å². The standard InChI is InChI=1S/C27H19BF4I2N2/c1-27(2)18-10-4-5-11-19(18)28-20-12-6-8-14-23(20)36-22-13-7-3-9-16(22)17-15-21(24(27)25(28)26(17)36)34(31,32)35-33(29)30/h3-15H,1-2H3. The Kier molecular flexibility index (Phi) is 4.85. The van der Waals surface area contributed by atoms with Gasteiger partial charge in [-0.3, -0.25) is 0 Å². The van der Waals surface area contributed by atoms with Crippen LogP contribution in [0.4, 0.5) is 11.4 Å². The third-order valence-electron chi connectivity index (χ3n) is 7.67. The monoisotopic (exact) mass is 712 g/mol. The Morgan fingerprint density at radius 1 is 0.861 bits per heavy atom. The third-order valence-corrected chi connectivity index (χ3v) is 15.6. The zero-order chi connectivity index (χ0) is 25.0. The molecule has 0 radical (unpaired) electrons. The first kappa shape index (κ1) is 22.9. The zero-order valence-electron chi connectivity index (χ0n) is 19.2. The predicted molar refractivity (Wildman–Crippen MR) is 158 cm³/mol. The van der Waals surface area contributed by atoms with Crippen molar-refractivity contribution in [3.63, 3.8) is 0 Å². The number of aromatic nitrogens is 1. The van der Waals surface area contributed by atoms with Crippen LogP contribution in [0.25, 0.3) is 27.5 Å². The molecule has 0 saturated heterocycles. The van der Waals surface area contributed by atoms with E-state index in [-0.39, 0.29) is 10.3 Å². The molecule has 0 amide bonds. The first-order valence-corrected chi connectivity index (χ1v) is 17.7. The zero-order valence-corrected chi connectivity index (χ0v) is 23.6. The van der Waals surface area contributed by atoms with Gasteiger partial charge in [-0.1, -0.05) is 0 Å². The van der Waals surface area contributed by atoms with Gasteiger partial charge in [0.05, 0.1) is 0 Å². The van der Waals surface area contributed by atoms with E-state index in [0.29, 0.717) is 10.9 Å². The van der Waals surface area contributed by atoms with Crippen molar-refractivity contribution >= 4 is 85.6 Å². The first-order valence-electron chi connectivity index (χ1n) is 11.4. The van der Waals surface area contributed by atoms with Crippen molar-refractivity contribution in [3.05, 3.63) is 93.6 Å². The Morgan fingerprint density at radius 2 is 1.53 bits per heavy atom. The number of hydrogen-bond donors (Lipinski definition) is 0. The fraction of sp³-hybridized carbons (Fsp3) is 0.111. The first-order chi connectivity index (χ1) is 17.2. The molecule has 2 aliphatic heterocycles. The molecule has 0 bridgehead atoms. The molecule has 7 rings (SSSR count). The van der Waals surface area contributed by atoms with Gasteiger partial charge in [0, 0.05) is 0 Å². The van der Waals surface area contributed by atoms with Crippen LogP contribution in [-0.2, 0) is 5.41 Å². The van der Waals surface area contributed by atoms with E-state index in [2.05, 4.69) is 24.1 Å². The van der Waals surface area contributed by atoms with Gasteiger partial charge < -0.3 is 0 Å². The van der Waals surface area contributed by atoms with Crippen LogP contribution in [0, 0.1) is 3.57 Å². The molecule has 9 heteroatoms. The molecule has 0 atom stereocenters. The number of rotatable bonds is 2. The third kappa shape index (κ3) is 2.89. The Labute approximate surface area is 220 Å². The van der Waals surface area contributed by atoms with E-state index in [4.69, 9.17) is 0 Å². The number of nitrogens with zero attached hydrogens (tertiary/aromatic N) is 2. The van der Waals surface area contributed by atoms with E-state index in [1.54, 1.807) is 0 Å². The summed E-state index contributed by atoms with van der Waals surface area (Å²) < 4.78 is 63.6. The molecule has 0 unspecified atom stereocenters. The molecule has 4 aromatic carbocycles. The fourth-order valence-corrected chi connectivity index (χ4v) is 12.9. The van der Waals surface area contributed by atoms with E-state index < -0.39 is 46.1 Å². The van der Waals surface area contributed by atoms with Crippen LogP contribution in [0.3, 0.4) is 0 Å². The van der Waals surface area contributed by atoms with Crippen molar-refractivity contribution in [2.24, 2.45) is 1.36 Å². The topological polar surface area (TPSA) is 17.3 Å². The van der Waals surface area contributed by atoms with E-state index in [0.717, 1.165) is 44.1 Å². The molecule has 2 nitrogen and oxygen atoms in total. The fourth-order valence-electron chi connectivity index (χ4n) is 6.43. The van der Waals surface area contributed by atoms with Crippen LogP contribution in [0.2, 0.25) is 0 Å². The van der Waals surface area contributed by atoms with Gasteiger partial charge in [0.15, 0.2) is 0 Å². The molecule has 0 spiro atoms. The molecular formula is C27H19BF4I2N2. The second kappa shape index (κ2) is 7.62. The Bertz CT molecular complexity index is 1810. The van der Waals surface area contributed by atoms with E-state index >= 15 is 5.72 Å². The normalized spacial score (nSPS) is 16.1. The van der Waals surface area contributed by atoms with Gasteiger partial charge in [0.25, 0.3) is 0 Å². The van der Waals surface area contributed by atoms with Gasteiger partial charge in [-0.25, -0.2) is 0 Å². The second-order valence-electron chi connectivity index (χ2n) is 9.75. The Hall–Kier alpha value is -2.28. The van der Waals surface area contributed by atoms with Crippen LogP contribution < -0.4 is 16.4 Å². The SMILES string of the molecule is CC1(C)c2ccccc2B2c3ccccc3-n3c4ccccc4c4cc(I(F)(F)=NI(F)F)c1c2c43. The van der Waals surface area contributed by atoms with E-state index in [9.17, 15) is 5.72 Å². The summed E-state index contributed by atoms with van der Waals surface area (Å²) in [5.41, 5.74) is 6.41. The van der Waals surface area contributed by atoms with Crippen molar-refractivity contribution in [2.75, 3.05) is 0 Å². The molecule has 0 fully saturated rings. The van der Waals surface area contributed by atoms with Crippen molar-refractivity contribution < 1.29 is 11.4 Å². The summed E-state index contributed by atoms with van der Waals surface area (Å²) in [6.45, 7) is 3.62. The van der Waals surface area contributed by atoms with Crippen molar-refractivity contribution in [1.29, 1.82) is 0 Å². The predicted octanol–water partition coefficient (Wildman–Crippen LogP) is 7.61. The van der Waals surface area contributed by atoms with Gasteiger partial charge in [0.2, 0.25) is 0 Å². The second-order valence-corrected chi connectivity index (χ2v) is 17.1. The van der Waals surface area contributed by atoms with Gasteiger partial charge in [-0.15, -0.1) is 0 Å². The molecule has 0 aliphatic carbocycles. The average Bonchev–Trinajstić information content (AvgIpc) is 3.18. The summed E-state index contributed by atoms with van der Waals surface area (Å²) in [6.07, 6.45) is 0. The average molecular weight is 712 g/mol. The molecule has 0 N–H and O–H groups in total. The minimum absolute atomic E-state index is 0.228. The van der Waals surface area contributed by atoms with Crippen LogP contribution in [-0.4, -0.2) is 11.3 Å². The maximum absolute atomic E-state index is 15.9. The van der Waals surface area contributed by atoms with Gasteiger partial charge >= 0.3 is 221 Å². The summed E-state index contributed by atoms with van der Waals surface area (Å²) in [7, 11) is 0. The molecule has 3 heterocycles. The minimum atomic E-state index is -6.32. The number of halogens is 6. The summed E-state index contributed by atoms with van der Waals surface area (Å²) in [5.74, 6) is 0. The van der Waals surface area contributed by atoms with Crippen LogP contribution in [0.1, 0.15) is 25.0 Å². The van der Waals surface area contributed by atoms with Crippen molar-refractivity contribution in [2.45, 2.75) is 19.3 Å². The van der Waals surface area contributed by atoms with Gasteiger partial charge in [0.1, 0.15) is 0 Å². The summed E-state index contributed by atoms with van der Waals surface area (Å²) >= 11 is -11.3. The number of para-hydroxylation sites is 2. The van der Waals surface area contributed by atoms with Crippen molar-refractivity contribution in [3.8, 4) is 5.69 Å². The molecule has 5 aromatic rings. The number of benzene rings is 4. The van der Waals surface area contributed by atoms with E-state index in [1.807, 2.05) is 68.4 Å². The summed E-state index contributed by atoms with van der Waals surface area (Å²) in [4.78, 5) is 0. The van der Waals surface area contributed by atoms with Crippen LogP contribution in [0.5, 0.6) is 0 Å². The van der Waals surface area contributed by atoms with E-state index in [1.165, 1.54) is 6.07 Å². The molecular weight excluding hydrogens is 693 g/mol. The number of hydrogen-bond acceptors (Lipinski definition) is 1. The molecule has 0 saturated carbocycles. The Morgan fingerprint density at radius 3 is 2.31 bits per heavy atom. The number of fused-ring (bicyclic) bond motifs is 8. The quantitative estimate of drug-likeness (QED) is 0.100. The maximum atomic E-state index is 15.9. The van der Waals surface area contributed by atoms with Crippen molar-refractivity contribution in [1.82, 2.24) is 4.57 Å². The van der Waals surface area contributed by atoms with Crippen LogP contribution >= 0.6 is 40.6 Å². The summed E-state index contributed by atoms with van der Waals surface area (Å²) in [6, 6.07) is 25.3. The van der Waals surface area contributed by atoms with Crippen LogP contribution in [0.15, 0.2) is 80.2 Å². The molecule has 182 valence electrons. The van der Waals surface area contributed by atoms with Gasteiger partial charge in [-0.2, -0.15) is 0 Å². The molecule has 2 aliphatic rings. The molecule has 36 heavy (non-hydrogen) atoms. The Balaban J connectivity index is 1.80.